The fraction of sp³-hybridized carbons (Fsp3) is 1.00. The SMILES string of the molecule is SCCC[SH]1CCSCC1. The summed E-state index contributed by atoms with van der Waals surface area (Å²) in [6.45, 7) is 0. The molecule has 10 heavy (non-hydrogen) atoms. The normalized spacial score (nSPS) is 23.1. The Morgan fingerprint density at radius 3 is 2.60 bits per heavy atom. The van der Waals surface area contributed by atoms with Crippen LogP contribution in [0.15, 0.2) is 0 Å². The standard InChI is InChI=1S/C7H16S3/c8-2-1-5-10-6-3-9-4-7-10/h8,10H,1-7H2. The Hall–Kier alpha value is 1.05. The number of rotatable bonds is 3. The lowest BCUT2D eigenvalue weighted by Crippen LogP contribution is -2.09. The first-order valence-electron chi connectivity index (χ1n) is 3.84. The van der Waals surface area contributed by atoms with E-state index in [0.717, 1.165) is 5.75 Å². The molecule has 0 N–H and O–H groups in total. The van der Waals surface area contributed by atoms with E-state index >= 15 is 0 Å². The molecular formula is C7H16S3. The van der Waals surface area contributed by atoms with Gasteiger partial charge in [-0.1, -0.05) is 0 Å². The molecule has 0 aromatic heterocycles. The largest absolute Gasteiger partial charge is 0.252 e. The minimum atomic E-state index is 0.453. The first-order chi connectivity index (χ1) is 4.93. The molecule has 0 radical (unpaired) electrons. The van der Waals surface area contributed by atoms with Gasteiger partial charge in [0, 0.05) is 11.5 Å². The minimum absolute atomic E-state index is 0.453. The van der Waals surface area contributed by atoms with E-state index in [-0.39, 0.29) is 0 Å². The Bertz CT molecular complexity index is 78.9. The highest BCUT2D eigenvalue weighted by molar-refractivity contribution is 8.19. The van der Waals surface area contributed by atoms with E-state index in [1.54, 1.807) is 0 Å². The van der Waals surface area contributed by atoms with Crippen molar-refractivity contribution in [2.45, 2.75) is 6.42 Å². The molecule has 0 spiro atoms. The van der Waals surface area contributed by atoms with Crippen molar-refractivity contribution in [1.29, 1.82) is 0 Å². The Balaban J connectivity index is 2.02. The summed E-state index contributed by atoms with van der Waals surface area (Å²) in [4.78, 5) is 0. The van der Waals surface area contributed by atoms with Crippen LogP contribution in [0.3, 0.4) is 0 Å². The van der Waals surface area contributed by atoms with Gasteiger partial charge in [-0.25, -0.2) is 0 Å². The molecule has 0 nitrogen and oxygen atoms in total. The number of thioether (sulfide) groups is 1. The highest BCUT2D eigenvalue weighted by Gasteiger charge is 2.08. The smallest absolute Gasteiger partial charge is 0.000707 e. The summed E-state index contributed by atoms with van der Waals surface area (Å²) < 4.78 is 0. The molecular weight excluding hydrogens is 180 g/mol. The van der Waals surface area contributed by atoms with E-state index in [2.05, 4.69) is 24.4 Å². The Kier molecular flexibility index (Phi) is 5.18. The quantitative estimate of drug-likeness (QED) is 0.652. The van der Waals surface area contributed by atoms with Gasteiger partial charge in [0.05, 0.1) is 0 Å². The van der Waals surface area contributed by atoms with Crippen LogP contribution in [-0.2, 0) is 0 Å². The van der Waals surface area contributed by atoms with Crippen LogP contribution in [0.2, 0.25) is 0 Å². The van der Waals surface area contributed by atoms with Crippen LogP contribution in [-0.4, -0.2) is 34.5 Å². The van der Waals surface area contributed by atoms with E-state index in [0.29, 0.717) is 10.9 Å². The summed E-state index contributed by atoms with van der Waals surface area (Å²) in [5.74, 6) is 8.48. The van der Waals surface area contributed by atoms with Gasteiger partial charge in [-0.15, -0.1) is 0 Å². The molecule has 1 fully saturated rings. The second kappa shape index (κ2) is 5.67. The molecule has 1 aliphatic heterocycles. The van der Waals surface area contributed by atoms with Crippen molar-refractivity contribution in [2.75, 3.05) is 34.5 Å². The van der Waals surface area contributed by atoms with Crippen molar-refractivity contribution in [2.24, 2.45) is 0 Å². The van der Waals surface area contributed by atoms with Crippen molar-refractivity contribution >= 4 is 35.3 Å². The zero-order valence-corrected chi connectivity index (χ0v) is 8.86. The minimum Gasteiger partial charge on any atom is -0.252 e. The van der Waals surface area contributed by atoms with Gasteiger partial charge in [0.2, 0.25) is 0 Å². The van der Waals surface area contributed by atoms with Gasteiger partial charge >= 0.3 is 0 Å². The molecule has 0 saturated carbocycles. The third kappa shape index (κ3) is 3.44. The fourth-order valence-electron chi connectivity index (χ4n) is 1.12. The lowest BCUT2D eigenvalue weighted by Gasteiger charge is -2.25. The molecule has 1 saturated heterocycles. The van der Waals surface area contributed by atoms with E-state index in [1.165, 1.54) is 35.2 Å². The molecule has 0 atom stereocenters. The van der Waals surface area contributed by atoms with E-state index < -0.39 is 0 Å². The highest BCUT2D eigenvalue weighted by atomic mass is 32.2. The van der Waals surface area contributed by atoms with Crippen molar-refractivity contribution in [1.82, 2.24) is 0 Å². The molecule has 0 aromatic carbocycles. The maximum Gasteiger partial charge on any atom is 0.000707 e. The molecule has 1 rings (SSSR count). The van der Waals surface area contributed by atoms with E-state index in [1.807, 2.05) is 0 Å². The van der Waals surface area contributed by atoms with Crippen molar-refractivity contribution in [3.8, 4) is 0 Å². The van der Waals surface area contributed by atoms with Gasteiger partial charge in [0.25, 0.3) is 0 Å². The maximum atomic E-state index is 4.23. The monoisotopic (exact) mass is 196 g/mol. The van der Waals surface area contributed by atoms with Crippen LogP contribution in [0.5, 0.6) is 0 Å². The summed E-state index contributed by atoms with van der Waals surface area (Å²) in [6, 6.07) is 0. The van der Waals surface area contributed by atoms with E-state index in [9.17, 15) is 0 Å². The van der Waals surface area contributed by atoms with Gasteiger partial charge in [0.15, 0.2) is 0 Å². The molecule has 0 aliphatic carbocycles. The predicted octanol–water partition coefficient (Wildman–Crippen LogP) is 2.05. The zero-order chi connectivity index (χ0) is 7.23. The molecule has 62 valence electrons. The average molecular weight is 196 g/mol. The van der Waals surface area contributed by atoms with Crippen molar-refractivity contribution in [3.05, 3.63) is 0 Å². The van der Waals surface area contributed by atoms with E-state index in [4.69, 9.17) is 0 Å². The summed E-state index contributed by atoms with van der Waals surface area (Å²) in [7, 11) is 0.453. The highest BCUT2D eigenvalue weighted by Crippen LogP contribution is 2.32. The second-order valence-corrected chi connectivity index (χ2v) is 6.89. The van der Waals surface area contributed by atoms with Crippen LogP contribution in [0.25, 0.3) is 0 Å². The molecule has 3 heteroatoms. The van der Waals surface area contributed by atoms with Crippen LogP contribution < -0.4 is 0 Å². The molecule has 1 heterocycles. The number of hydrogen-bond donors (Lipinski definition) is 2. The predicted molar refractivity (Wildman–Crippen MR) is 59.4 cm³/mol. The third-order valence-electron chi connectivity index (χ3n) is 1.74. The zero-order valence-electron chi connectivity index (χ0n) is 6.25. The topological polar surface area (TPSA) is 0 Å². The van der Waals surface area contributed by atoms with Crippen LogP contribution >= 0.6 is 35.3 Å². The molecule has 0 aromatic rings. The van der Waals surface area contributed by atoms with Crippen molar-refractivity contribution in [3.63, 3.8) is 0 Å². The van der Waals surface area contributed by atoms with Crippen molar-refractivity contribution < 1.29 is 0 Å². The van der Waals surface area contributed by atoms with Gasteiger partial charge in [0.1, 0.15) is 0 Å². The average Bonchev–Trinajstić information content (AvgIpc) is 2.03. The molecule has 0 unspecified atom stereocenters. The summed E-state index contributed by atoms with van der Waals surface area (Å²) in [5.41, 5.74) is 0. The lowest BCUT2D eigenvalue weighted by atomic mass is 10.6. The van der Waals surface area contributed by atoms with Gasteiger partial charge in [-0.2, -0.15) is 24.4 Å². The first-order valence-corrected chi connectivity index (χ1v) is 7.53. The third-order valence-corrected chi connectivity index (χ3v) is 6.30. The maximum absolute atomic E-state index is 4.23. The summed E-state index contributed by atoms with van der Waals surface area (Å²) in [5, 5.41) is 0. The first kappa shape index (κ1) is 9.14. The number of hydrogen-bond acceptors (Lipinski definition) is 2. The molecule has 0 bridgehead atoms. The van der Waals surface area contributed by atoms with Gasteiger partial charge in [-0.3, -0.25) is 10.9 Å². The van der Waals surface area contributed by atoms with Gasteiger partial charge < -0.3 is 0 Å². The Labute approximate surface area is 76.3 Å². The van der Waals surface area contributed by atoms with Crippen LogP contribution in [0.1, 0.15) is 6.42 Å². The summed E-state index contributed by atoms with van der Waals surface area (Å²) in [6.07, 6.45) is 1.35. The lowest BCUT2D eigenvalue weighted by molar-refractivity contribution is 1.12. The Morgan fingerprint density at radius 2 is 2.00 bits per heavy atom. The number of thiol groups is 2. The van der Waals surface area contributed by atoms with Crippen LogP contribution in [0.4, 0.5) is 0 Å². The van der Waals surface area contributed by atoms with Crippen LogP contribution in [0, 0.1) is 0 Å². The summed E-state index contributed by atoms with van der Waals surface area (Å²) >= 11 is 6.35. The Morgan fingerprint density at radius 1 is 1.30 bits per heavy atom. The second-order valence-electron chi connectivity index (χ2n) is 2.53. The van der Waals surface area contributed by atoms with Gasteiger partial charge in [-0.05, 0) is 29.4 Å². The molecule has 1 aliphatic rings. The molecule has 0 amide bonds. The fourth-order valence-corrected chi connectivity index (χ4v) is 6.11.